The Balaban J connectivity index is 1.89. The van der Waals surface area contributed by atoms with E-state index >= 15 is 0 Å². The lowest BCUT2D eigenvalue weighted by atomic mass is 10.2. The predicted octanol–water partition coefficient (Wildman–Crippen LogP) is 1.04. The van der Waals surface area contributed by atoms with Crippen molar-refractivity contribution in [3.05, 3.63) is 29.8 Å². The second-order valence-electron chi connectivity index (χ2n) is 3.68. The molecule has 0 saturated carbocycles. The summed E-state index contributed by atoms with van der Waals surface area (Å²) in [5.74, 6) is 0.585. The minimum absolute atomic E-state index is 0.585. The van der Waals surface area contributed by atoms with Crippen LogP contribution in [0.1, 0.15) is 11.3 Å². The Kier molecular flexibility index (Phi) is 3.56. The molecule has 0 radical (unpaired) electrons. The maximum absolute atomic E-state index is 5.63. The number of nitrogens with zero attached hydrogens (tertiary/aromatic N) is 5. The van der Waals surface area contributed by atoms with E-state index in [4.69, 9.17) is 11.6 Å². The molecular formula is C10H14ClN5. The monoisotopic (exact) mass is 239 g/mol. The molecule has 0 aromatic carbocycles. The summed E-state index contributed by atoms with van der Waals surface area (Å²) in [7, 11) is 1.91. The van der Waals surface area contributed by atoms with Crippen molar-refractivity contribution in [3.63, 3.8) is 0 Å². The molecule has 0 unspecified atom stereocenters. The Morgan fingerprint density at radius 3 is 2.88 bits per heavy atom. The maximum Gasteiger partial charge on any atom is 0.0839 e. The van der Waals surface area contributed by atoms with Gasteiger partial charge in [-0.05, 0) is 12.0 Å². The average molecular weight is 240 g/mol. The molecule has 2 aromatic rings. The quantitative estimate of drug-likeness (QED) is 0.733. The molecule has 2 rings (SSSR count). The fourth-order valence-electron chi connectivity index (χ4n) is 1.50. The van der Waals surface area contributed by atoms with E-state index in [-0.39, 0.29) is 0 Å². The van der Waals surface area contributed by atoms with E-state index in [2.05, 4.69) is 15.4 Å². The Morgan fingerprint density at radius 1 is 1.31 bits per heavy atom. The molecule has 0 aliphatic carbocycles. The second kappa shape index (κ2) is 5.12. The van der Waals surface area contributed by atoms with Crippen molar-refractivity contribution in [1.82, 2.24) is 24.8 Å². The van der Waals surface area contributed by atoms with Crippen molar-refractivity contribution in [3.8, 4) is 0 Å². The first-order valence-corrected chi connectivity index (χ1v) is 5.74. The van der Waals surface area contributed by atoms with Crippen molar-refractivity contribution >= 4 is 11.6 Å². The van der Waals surface area contributed by atoms with Gasteiger partial charge in [0.1, 0.15) is 0 Å². The Hall–Kier alpha value is -1.36. The van der Waals surface area contributed by atoms with Crippen molar-refractivity contribution < 1.29 is 0 Å². The summed E-state index contributed by atoms with van der Waals surface area (Å²) in [6, 6.07) is 0. The SMILES string of the molecule is Cn1cc(CCn2cc(CCCl)nn2)cn1. The highest BCUT2D eigenvalue weighted by Crippen LogP contribution is 2.01. The van der Waals surface area contributed by atoms with Gasteiger partial charge >= 0.3 is 0 Å². The summed E-state index contributed by atoms with van der Waals surface area (Å²) >= 11 is 5.63. The van der Waals surface area contributed by atoms with Gasteiger partial charge in [0.05, 0.1) is 11.9 Å². The first-order chi connectivity index (χ1) is 7.78. The third-order valence-electron chi connectivity index (χ3n) is 2.32. The number of halogens is 1. The van der Waals surface area contributed by atoms with E-state index in [0.29, 0.717) is 5.88 Å². The lowest BCUT2D eigenvalue weighted by Gasteiger charge is -1.96. The average Bonchev–Trinajstić information content (AvgIpc) is 2.85. The first kappa shape index (κ1) is 11.1. The standard InChI is InChI=1S/C10H14ClN5/c1-15-7-9(6-12-15)3-5-16-8-10(2-4-11)13-14-16/h6-8H,2-5H2,1H3. The van der Waals surface area contributed by atoms with Crippen LogP contribution in [0.25, 0.3) is 0 Å². The largest absolute Gasteiger partial charge is 0.276 e. The molecule has 0 amide bonds. The van der Waals surface area contributed by atoms with Gasteiger partial charge in [0.25, 0.3) is 0 Å². The molecule has 0 N–H and O–H groups in total. The summed E-state index contributed by atoms with van der Waals surface area (Å²) < 4.78 is 3.64. The highest BCUT2D eigenvalue weighted by Gasteiger charge is 2.01. The Morgan fingerprint density at radius 2 is 2.19 bits per heavy atom. The summed E-state index contributed by atoms with van der Waals surface area (Å²) in [5, 5.41) is 12.2. The highest BCUT2D eigenvalue weighted by atomic mass is 35.5. The van der Waals surface area contributed by atoms with Crippen molar-refractivity contribution in [2.24, 2.45) is 7.05 Å². The van der Waals surface area contributed by atoms with Crippen LogP contribution in [0.5, 0.6) is 0 Å². The topological polar surface area (TPSA) is 48.5 Å². The number of rotatable bonds is 5. The number of hydrogen-bond donors (Lipinski definition) is 0. The molecular weight excluding hydrogens is 226 g/mol. The molecule has 0 bridgehead atoms. The molecule has 0 aliphatic rings. The van der Waals surface area contributed by atoms with E-state index in [1.165, 1.54) is 5.56 Å². The second-order valence-corrected chi connectivity index (χ2v) is 4.06. The third kappa shape index (κ3) is 2.82. The van der Waals surface area contributed by atoms with Gasteiger partial charge in [-0.2, -0.15) is 5.10 Å². The number of hydrogen-bond acceptors (Lipinski definition) is 3. The predicted molar refractivity (Wildman–Crippen MR) is 61.4 cm³/mol. The van der Waals surface area contributed by atoms with Crippen LogP contribution in [0.4, 0.5) is 0 Å². The zero-order chi connectivity index (χ0) is 11.4. The van der Waals surface area contributed by atoms with Crippen molar-refractivity contribution in [1.29, 1.82) is 0 Å². The number of aryl methyl sites for hydroxylation is 4. The zero-order valence-corrected chi connectivity index (χ0v) is 9.93. The van der Waals surface area contributed by atoms with E-state index in [1.54, 1.807) is 4.68 Å². The Bertz CT molecular complexity index is 448. The summed E-state index contributed by atoms with van der Waals surface area (Å²) in [6.07, 6.45) is 7.51. The molecule has 0 aliphatic heterocycles. The van der Waals surface area contributed by atoms with Gasteiger partial charge in [0, 0.05) is 38.3 Å². The molecule has 0 fully saturated rings. The molecule has 6 heteroatoms. The van der Waals surface area contributed by atoms with Crippen LogP contribution in [0.15, 0.2) is 18.6 Å². The van der Waals surface area contributed by atoms with Crippen LogP contribution in [-0.2, 0) is 26.4 Å². The molecule has 5 nitrogen and oxygen atoms in total. The van der Waals surface area contributed by atoms with E-state index in [1.807, 2.05) is 30.3 Å². The fraction of sp³-hybridized carbons (Fsp3) is 0.500. The smallest absolute Gasteiger partial charge is 0.0839 e. The van der Waals surface area contributed by atoms with Crippen molar-refractivity contribution in [2.45, 2.75) is 19.4 Å². The van der Waals surface area contributed by atoms with Gasteiger partial charge < -0.3 is 0 Å². The van der Waals surface area contributed by atoms with Crippen LogP contribution >= 0.6 is 11.6 Å². The Labute approximate surface area is 99.0 Å². The lowest BCUT2D eigenvalue weighted by Crippen LogP contribution is -2.01. The van der Waals surface area contributed by atoms with Crippen LogP contribution in [0.2, 0.25) is 0 Å². The molecule has 0 atom stereocenters. The molecule has 86 valence electrons. The van der Waals surface area contributed by atoms with Gasteiger partial charge in [-0.25, -0.2) is 0 Å². The van der Waals surface area contributed by atoms with Crippen LogP contribution in [0, 0.1) is 0 Å². The first-order valence-electron chi connectivity index (χ1n) is 5.20. The normalized spacial score (nSPS) is 10.9. The van der Waals surface area contributed by atoms with E-state index < -0.39 is 0 Å². The van der Waals surface area contributed by atoms with E-state index in [9.17, 15) is 0 Å². The lowest BCUT2D eigenvalue weighted by molar-refractivity contribution is 0.589. The van der Waals surface area contributed by atoms with Gasteiger partial charge in [-0.1, -0.05) is 5.21 Å². The van der Waals surface area contributed by atoms with Gasteiger partial charge in [0.2, 0.25) is 0 Å². The van der Waals surface area contributed by atoms with Crippen LogP contribution in [-0.4, -0.2) is 30.7 Å². The third-order valence-corrected chi connectivity index (χ3v) is 2.51. The van der Waals surface area contributed by atoms with Gasteiger partial charge in [0.15, 0.2) is 0 Å². The molecule has 0 spiro atoms. The minimum atomic E-state index is 0.585. The molecule has 2 heterocycles. The summed E-state index contributed by atoms with van der Waals surface area (Å²) in [5.41, 5.74) is 2.15. The number of aromatic nitrogens is 5. The number of alkyl halides is 1. The maximum atomic E-state index is 5.63. The molecule has 16 heavy (non-hydrogen) atoms. The molecule has 0 saturated heterocycles. The fourth-order valence-corrected chi connectivity index (χ4v) is 1.70. The van der Waals surface area contributed by atoms with Gasteiger partial charge in [-0.15, -0.1) is 16.7 Å². The highest BCUT2D eigenvalue weighted by molar-refractivity contribution is 6.17. The van der Waals surface area contributed by atoms with Gasteiger partial charge in [-0.3, -0.25) is 9.36 Å². The van der Waals surface area contributed by atoms with Crippen LogP contribution in [0.3, 0.4) is 0 Å². The van der Waals surface area contributed by atoms with Crippen molar-refractivity contribution in [2.75, 3.05) is 5.88 Å². The summed E-state index contributed by atoms with van der Waals surface area (Å²) in [4.78, 5) is 0. The molecule has 2 aromatic heterocycles. The summed E-state index contributed by atoms with van der Waals surface area (Å²) in [6.45, 7) is 0.820. The zero-order valence-electron chi connectivity index (χ0n) is 9.17. The van der Waals surface area contributed by atoms with Crippen LogP contribution < -0.4 is 0 Å². The van der Waals surface area contributed by atoms with E-state index in [0.717, 1.165) is 25.1 Å². The minimum Gasteiger partial charge on any atom is -0.276 e.